The van der Waals surface area contributed by atoms with Crippen LogP contribution in [0.5, 0.6) is 5.75 Å². The summed E-state index contributed by atoms with van der Waals surface area (Å²) >= 11 is 0. The molecule has 3 heterocycles. The maximum Gasteiger partial charge on any atom is 0.417 e. The lowest BCUT2D eigenvalue weighted by Gasteiger charge is -2.20. The molecule has 2 N–H and O–H groups in total. The van der Waals surface area contributed by atoms with Crippen LogP contribution in [0.3, 0.4) is 0 Å². The molecule has 0 radical (unpaired) electrons. The molecule has 0 unspecified atom stereocenters. The van der Waals surface area contributed by atoms with Gasteiger partial charge in [0.2, 0.25) is 0 Å². The molecule has 1 atom stereocenters. The number of benzene rings is 3. The highest BCUT2D eigenvalue weighted by Gasteiger charge is 2.34. The minimum Gasteiger partial charge on any atom is -0.496 e. The Balaban J connectivity index is 1.22. The third-order valence-electron chi connectivity index (χ3n) is 9.75. The van der Waals surface area contributed by atoms with Crippen molar-refractivity contribution >= 4 is 23.7 Å². The van der Waals surface area contributed by atoms with Gasteiger partial charge in [-0.15, -0.1) is 0 Å². The molecular weight excluding hydrogens is 641 g/mol. The summed E-state index contributed by atoms with van der Waals surface area (Å²) in [6.45, 7) is 8.17. The molecule has 2 fully saturated rings. The van der Waals surface area contributed by atoms with Crippen LogP contribution in [-0.4, -0.2) is 65.2 Å². The van der Waals surface area contributed by atoms with E-state index >= 15 is 0 Å². The average Bonchev–Trinajstić information content (AvgIpc) is 3.76. The normalized spacial score (nSPS) is 17.1. The maximum absolute atomic E-state index is 14.3. The first-order chi connectivity index (χ1) is 24.0. The number of amides is 1. The van der Waals surface area contributed by atoms with Crippen LogP contribution in [0.1, 0.15) is 68.7 Å². The van der Waals surface area contributed by atoms with E-state index in [1.165, 1.54) is 25.3 Å². The second kappa shape index (κ2) is 15.2. The lowest BCUT2D eigenvalue weighted by atomic mass is 9.92. The number of nitrogens with zero attached hydrogens (tertiary/aromatic N) is 3. The van der Waals surface area contributed by atoms with Crippen LogP contribution in [0.25, 0.3) is 23.3 Å². The second-order valence-corrected chi connectivity index (χ2v) is 13.2. The van der Waals surface area contributed by atoms with Crippen molar-refractivity contribution in [2.45, 2.75) is 58.5 Å². The van der Waals surface area contributed by atoms with Gasteiger partial charge < -0.3 is 15.2 Å². The number of hydrogen-bond donors (Lipinski definition) is 2. The highest BCUT2D eigenvalue weighted by atomic mass is 19.4. The first-order valence-electron chi connectivity index (χ1n) is 17.0. The van der Waals surface area contributed by atoms with Crippen molar-refractivity contribution < 1.29 is 27.8 Å². The quantitative estimate of drug-likeness (QED) is 0.165. The van der Waals surface area contributed by atoms with Gasteiger partial charge in [0, 0.05) is 43.6 Å². The number of carbonyl (C=O) groups excluding carboxylic acids is 1. The van der Waals surface area contributed by atoms with Crippen molar-refractivity contribution in [3.05, 3.63) is 111 Å². The fourth-order valence-corrected chi connectivity index (χ4v) is 6.94. The molecule has 0 spiro atoms. The summed E-state index contributed by atoms with van der Waals surface area (Å²) in [6, 6.07) is 17.7. The number of carbonyl (C=O) groups is 1. The van der Waals surface area contributed by atoms with Gasteiger partial charge in [-0.2, -0.15) is 13.2 Å². The molecule has 4 aromatic rings. The van der Waals surface area contributed by atoms with Gasteiger partial charge in [-0.05, 0) is 109 Å². The zero-order valence-electron chi connectivity index (χ0n) is 28.7. The zero-order valence-corrected chi connectivity index (χ0v) is 28.7. The molecule has 262 valence electrons. The van der Waals surface area contributed by atoms with Gasteiger partial charge in [0.05, 0.1) is 18.8 Å². The number of aromatic nitrogens is 1. The maximum atomic E-state index is 14.3. The number of hydrogen-bond acceptors (Lipinski definition) is 6. The summed E-state index contributed by atoms with van der Waals surface area (Å²) in [5, 5.41) is 12.8. The smallest absolute Gasteiger partial charge is 0.417 e. The van der Waals surface area contributed by atoms with E-state index in [1.54, 1.807) is 18.3 Å². The summed E-state index contributed by atoms with van der Waals surface area (Å²) < 4.78 is 48.5. The van der Waals surface area contributed by atoms with E-state index in [1.807, 2.05) is 56.3 Å². The van der Waals surface area contributed by atoms with Crippen molar-refractivity contribution in [2.24, 2.45) is 0 Å². The third kappa shape index (κ3) is 8.09. The van der Waals surface area contributed by atoms with Crippen LogP contribution in [0.2, 0.25) is 0 Å². The minimum absolute atomic E-state index is 0.0432. The zero-order chi connectivity index (χ0) is 35.4. The average molecular weight is 685 g/mol. The molecule has 7 nitrogen and oxygen atoms in total. The molecule has 50 heavy (non-hydrogen) atoms. The molecular formula is C40H43F3N4O3. The van der Waals surface area contributed by atoms with Gasteiger partial charge in [0.1, 0.15) is 11.4 Å². The monoisotopic (exact) mass is 684 g/mol. The predicted molar refractivity (Wildman–Crippen MR) is 191 cm³/mol. The lowest BCUT2D eigenvalue weighted by Crippen LogP contribution is -2.21. The highest BCUT2D eigenvalue weighted by Crippen LogP contribution is 2.38. The molecule has 2 saturated heterocycles. The number of pyridine rings is 1. The molecule has 10 heteroatoms. The first-order valence-corrected chi connectivity index (χ1v) is 17.0. The van der Waals surface area contributed by atoms with Gasteiger partial charge in [0.15, 0.2) is 0 Å². The Labute approximate surface area is 291 Å². The minimum atomic E-state index is -4.53. The summed E-state index contributed by atoms with van der Waals surface area (Å²) in [4.78, 5) is 21.9. The standard InChI is InChI=1S/C40H43F3N4O3/c1-26-29(13-14-30-21-38(50-3)31(20-35(30)40(41,42)43)24-46-17-4-5-18-46)8-6-9-33(26)34-10-7-11-36(27(34)2)45-39(49)37-15-12-28(22-44-37)23-47-19-16-32(48)25-47/h6-15,20-22,32,48H,4-5,16-19,23-25H2,1-3H3,(H,45,49)/b14-13+/t32-/m1/s1. The molecule has 1 amide bonds. The molecule has 2 aliphatic heterocycles. The van der Waals surface area contributed by atoms with E-state index in [9.17, 15) is 23.1 Å². The van der Waals surface area contributed by atoms with Gasteiger partial charge >= 0.3 is 6.18 Å². The lowest BCUT2D eigenvalue weighted by molar-refractivity contribution is -0.137. The van der Waals surface area contributed by atoms with Crippen LogP contribution in [0, 0.1) is 13.8 Å². The third-order valence-corrected chi connectivity index (χ3v) is 9.75. The number of aliphatic hydroxyl groups is 1. The van der Waals surface area contributed by atoms with Gasteiger partial charge in [-0.1, -0.05) is 48.6 Å². The van der Waals surface area contributed by atoms with Crippen LogP contribution in [-0.2, 0) is 19.3 Å². The Morgan fingerprint density at radius 3 is 2.32 bits per heavy atom. The van der Waals surface area contributed by atoms with E-state index in [0.717, 1.165) is 72.3 Å². The summed E-state index contributed by atoms with van der Waals surface area (Å²) in [5.41, 5.74) is 6.12. The number of nitrogens with one attached hydrogen (secondary N) is 1. The Morgan fingerprint density at radius 2 is 1.66 bits per heavy atom. The predicted octanol–water partition coefficient (Wildman–Crippen LogP) is 7.98. The Kier molecular flexibility index (Phi) is 10.7. The van der Waals surface area contributed by atoms with Gasteiger partial charge in [-0.25, -0.2) is 0 Å². The number of ether oxygens (including phenoxy) is 1. The fraction of sp³-hybridized carbons (Fsp3) is 0.350. The second-order valence-electron chi connectivity index (χ2n) is 13.2. The SMILES string of the molecule is COc1cc(/C=C/c2cccc(-c3cccc(NC(=O)c4ccc(CN5CC[C@@H](O)C5)cn4)c3C)c2C)c(C(F)(F)F)cc1CN1CCCC1. The van der Waals surface area contributed by atoms with E-state index in [4.69, 9.17) is 4.74 Å². The molecule has 0 saturated carbocycles. The van der Waals surface area contributed by atoms with Gasteiger partial charge in [-0.3, -0.25) is 19.6 Å². The summed E-state index contributed by atoms with van der Waals surface area (Å²) in [6.07, 6.45) is 2.95. The largest absolute Gasteiger partial charge is 0.496 e. The fourth-order valence-electron chi connectivity index (χ4n) is 6.94. The molecule has 1 aromatic heterocycles. The number of anilines is 1. The number of likely N-dealkylation sites (tertiary alicyclic amines) is 2. The number of methoxy groups -OCH3 is 1. The number of aliphatic hydroxyl groups excluding tert-OH is 1. The number of rotatable bonds is 10. The van der Waals surface area contributed by atoms with Crippen LogP contribution >= 0.6 is 0 Å². The van der Waals surface area contributed by atoms with Crippen molar-refractivity contribution in [1.29, 1.82) is 0 Å². The van der Waals surface area contributed by atoms with Crippen molar-refractivity contribution in [3.8, 4) is 16.9 Å². The highest BCUT2D eigenvalue weighted by molar-refractivity contribution is 6.03. The number of β-amino-alcohol motifs (C(OH)–C–C–N with tert-alkyl or cyclic N) is 1. The Morgan fingerprint density at radius 1 is 0.940 bits per heavy atom. The van der Waals surface area contributed by atoms with Crippen LogP contribution < -0.4 is 10.1 Å². The molecule has 3 aromatic carbocycles. The first kappa shape index (κ1) is 35.3. The van der Waals surface area contributed by atoms with E-state index in [2.05, 4.69) is 20.1 Å². The molecule has 0 bridgehead atoms. The molecule has 6 rings (SSSR count). The Bertz CT molecular complexity index is 1870. The topological polar surface area (TPSA) is 77.9 Å². The van der Waals surface area contributed by atoms with E-state index in [-0.39, 0.29) is 17.6 Å². The number of alkyl halides is 3. The van der Waals surface area contributed by atoms with Crippen LogP contribution in [0.15, 0.2) is 66.9 Å². The summed E-state index contributed by atoms with van der Waals surface area (Å²) in [7, 11) is 1.49. The Hall–Kier alpha value is -4.51. The molecule has 2 aliphatic rings. The number of halogens is 3. The van der Waals surface area contributed by atoms with Crippen molar-refractivity contribution in [1.82, 2.24) is 14.8 Å². The van der Waals surface area contributed by atoms with Crippen molar-refractivity contribution in [3.63, 3.8) is 0 Å². The van der Waals surface area contributed by atoms with Gasteiger partial charge in [0.25, 0.3) is 5.91 Å². The molecule has 0 aliphatic carbocycles. The van der Waals surface area contributed by atoms with Crippen molar-refractivity contribution in [2.75, 3.05) is 38.6 Å². The van der Waals surface area contributed by atoms with Crippen LogP contribution in [0.4, 0.5) is 18.9 Å². The van der Waals surface area contributed by atoms with E-state index in [0.29, 0.717) is 42.3 Å². The van der Waals surface area contributed by atoms with E-state index < -0.39 is 11.7 Å². The summed E-state index contributed by atoms with van der Waals surface area (Å²) in [5.74, 6) is 0.114.